The van der Waals surface area contributed by atoms with E-state index in [-0.39, 0.29) is 5.91 Å². The number of nitrogens with one attached hydrogen (secondary N) is 1. The molecule has 1 aliphatic heterocycles. The third kappa shape index (κ3) is 7.20. The first-order chi connectivity index (χ1) is 15.6. The third-order valence-corrected chi connectivity index (χ3v) is 6.21. The van der Waals surface area contributed by atoms with Crippen molar-refractivity contribution in [3.63, 3.8) is 0 Å². The van der Waals surface area contributed by atoms with Gasteiger partial charge in [-0.05, 0) is 69.0 Å². The van der Waals surface area contributed by atoms with Gasteiger partial charge in [-0.2, -0.15) is 0 Å². The molecule has 0 aliphatic carbocycles. The molecule has 1 fully saturated rings. The highest BCUT2D eigenvalue weighted by Gasteiger charge is 2.19. The van der Waals surface area contributed by atoms with Gasteiger partial charge in [0.05, 0.1) is 0 Å². The van der Waals surface area contributed by atoms with E-state index in [1.165, 1.54) is 5.56 Å². The molecule has 1 aliphatic rings. The predicted molar refractivity (Wildman–Crippen MR) is 131 cm³/mol. The molecule has 1 unspecified atom stereocenters. The minimum Gasteiger partial charge on any atom is -0.341 e. The fourth-order valence-electron chi connectivity index (χ4n) is 4.40. The molecular weight excluding hydrogens is 398 g/mol. The number of nitrogens with zero attached hydrogens (tertiary/aromatic N) is 2. The summed E-state index contributed by atoms with van der Waals surface area (Å²) in [4.78, 5) is 29.4. The summed E-state index contributed by atoms with van der Waals surface area (Å²) in [5.41, 5.74) is 2.68. The molecule has 0 bridgehead atoms. The Morgan fingerprint density at radius 1 is 1.06 bits per heavy atom. The topological polar surface area (TPSA) is 52.6 Å². The van der Waals surface area contributed by atoms with E-state index < -0.39 is 0 Å². The second-order valence-electron chi connectivity index (χ2n) is 8.80. The van der Waals surface area contributed by atoms with E-state index in [1.807, 2.05) is 42.5 Å². The molecule has 5 nitrogen and oxygen atoms in total. The molecule has 1 saturated heterocycles. The van der Waals surface area contributed by atoms with Crippen molar-refractivity contribution in [2.24, 2.45) is 0 Å². The molecule has 0 aromatic heterocycles. The smallest absolute Gasteiger partial charge is 0.255 e. The zero-order valence-corrected chi connectivity index (χ0v) is 19.6. The van der Waals surface area contributed by atoms with E-state index >= 15 is 0 Å². The molecule has 1 N–H and O–H groups in total. The summed E-state index contributed by atoms with van der Waals surface area (Å²) in [5, 5.41) is 3.01. The lowest BCUT2D eigenvalue weighted by atomic mass is 10.0. The molecular formula is C27H37N3O2. The summed E-state index contributed by atoms with van der Waals surface area (Å²) < 4.78 is 0. The first kappa shape index (κ1) is 24.0. The lowest BCUT2D eigenvalue weighted by molar-refractivity contribution is -0.131. The van der Waals surface area contributed by atoms with Crippen molar-refractivity contribution in [3.05, 3.63) is 65.7 Å². The van der Waals surface area contributed by atoms with Crippen LogP contribution in [0.5, 0.6) is 0 Å². The van der Waals surface area contributed by atoms with Crippen LogP contribution in [0.15, 0.2) is 54.6 Å². The normalized spacial score (nSPS) is 15.5. The molecule has 2 amide bonds. The molecule has 5 heteroatoms. The van der Waals surface area contributed by atoms with Crippen LogP contribution in [0.25, 0.3) is 0 Å². The largest absolute Gasteiger partial charge is 0.341 e. The van der Waals surface area contributed by atoms with Crippen molar-refractivity contribution in [1.82, 2.24) is 9.80 Å². The first-order valence-electron chi connectivity index (χ1n) is 12.0. The van der Waals surface area contributed by atoms with E-state index in [4.69, 9.17) is 0 Å². The Balaban J connectivity index is 1.58. The number of amides is 2. The van der Waals surface area contributed by atoms with Crippen LogP contribution >= 0.6 is 0 Å². The molecule has 2 aromatic rings. The van der Waals surface area contributed by atoms with Crippen molar-refractivity contribution in [2.45, 2.75) is 58.4 Å². The summed E-state index contributed by atoms with van der Waals surface area (Å²) in [6.45, 7) is 8.11. The lowest BCUT2D eigenvalue weighted by Gasteiger charge is -2.31. The van der Waals surface area contributed by atoms with Crippen molar-refractivity contribution in [1.29, 1.82) is 0 Å². The maximum atomic E-state index is 12.5. The second kappa shape index (κ2) is 12.4. The van der Waals surface area contributed by atoms with Gasteiger partial charge in [0.25, 0.3) is 5.91 Å². The number of anilines is 1. The Labute approximate surface area is 192 Å². The zero-order chi connectivity index (χ0) is 22.8. The minimum atomic E-state index is -0.0921. The summed E-state index contributed by atoms with van der Waals surface area (Å²) in [5.74, 6) is 0.221. The highest BCUT2D eigenvalue weighted by molar-refractivity contribution is 6.04. The molecule has 32 heavy (non-hydrogen) atoms. The van der Waals surface area contributed by atoms with Gasteiger partial charge in [-0.3, -0.25) is 14.5 Å². The average Bonchev–Trinajstić information content (AvgIpc) is 3.01. The van der Waals surface area contributed by atoms with E-state index in [0.717, 1.165) is 64.0 Å². The number of carbonyl (C=O) groups excluding carboxylic acids is 2. The van der Waals surface area contributed by atoms with Crippen LogP contribution < -0.4 is 5.32 Å². The molecule has 0 radical (unpaired) electrons. The van der Waals surface area contributed by atoms with Crippen LogP contribution in [0.1, 0.15) is 61.9 Å². The highest BCUT2D eigenvalue weighted by atomic mass is 16.2. The lowest BCUT2D eigenvalue weighted by Crippen LogP contribution is -2.43. The number of carbonyl (C=O) groups is 2. The second-order valence-corrected chi connectivity index (χ2v) is 8.80. The van der Waals surface area contributed by atoms with Gasteiger partial charge in [0.2, 0.25) is 5.91 Å². The Morgan fingerprint density at radius 3 is 2.66 bits per heavy atom. The Bertz CT molecular complexity index is 868. The standard InChI is InChI=1S/C27H37N3O2/c1-3-16-29(18-19-30-17-9-5-8-15-26(30)31)22(2)20-23-11-10-14-25(21-23)28-27(32)24-12-6-4-7-13-24/h4,6-7,10-14,21-22H,3,5,8-9,15-20H2,1-2H3,(H,28,32). The summed E-state index contributed by atoms with van der Waals surface area (Å²) >= 11 is 0. The van der Waals surface area contributed by atoms with Crippen LogP contribution in [-0.4, -0.2) is 53.8 Å². The molecule has 2 aromatic carbocycles. The maximum Gasteiger partial charge on any atom is 0.255 e. The van der Waals surface area contributed by atoms with Crippen LogP contribution in [0.4, 0.5) is 5.69 Å². The molecule has 172 valence electrons. The van der Waals surface area contributed by atoms with Crippen LogP contribution in [0.2, 0.25) is 0 Å². The van der Waals surface area contributed by atoms with E-state index in [0.29, 0.717) is 23.9 Å². The molecule has 1 heterocycles. The zero-order valence-electron chi connectivity index (χ0n) is 19.6. The quantitative estimate of drug-likeness (QED) is 0.572. The van der Waals surface area contributed by atoms with Crippen LogP contribution in [0.3, 0.4) is 0 Å². The van der Waals surface area contributed by atoms with Gasteiger partial charge < -0.3 is 10.2 Å². The molecule has 3 rings (SSSR count). The van der Waals surface area contributed by atoms with Crippen LogP contribution in [0, 0.1) is 0 Å². The van der Waals surface area contributed by atoms with Crippen molar-refractivity contribution >= 4 is 17.5 Å². The molecule has 0 saturated carbocycles. The fourth-order valence-corrected chi connectivity index (χ4v) is 4.40. The van der Waals surface area contributed by atoms with Gasteiger partial charge in [0, 0.05) is 43.3 Å². The highest BCUT2D eigenvalue weighted by Crippen LogP contribution is 2.17. The first-order valence-corrected chi connectivity index (χ1v) is 12.0. The van der Waals surface area contributed by atoms with Gasteiger partial charge in [-0.15, -0.1) is 0 Å². The monoisotopic (exact) mass is 435 g/mol. The van der Waals surface area contributed by atoms with Gasteiger partial charge in [0.1, 0.15) is 0 Å². The minimum absolute atomic E-state index is 0.0921. The Kier molecular flexibility index (Phi) is 9.29. The van der Waals surface area contributed by atoms with Gasteiger partial charge in [-0.25, -0.2) is 0 Å². The van der Waals surface area contributed by atoms with Crippen molar-refractivity contribution < 1.29 is 9.59 Å². The number of hydrogen-bond donors (Lipinski definition) is 1. The fraction of sp³-hybridized carbons (Fsp3) is 0.481. The van der Waals surface area contributed by atoms with Gasteiger partial charge >= 0.3 is 0 Å². The molecule has 1 atom stereocenters. The van der Waals surface area contributed by atoms with Crippen molar-refractivity contribution in [2.75, 3.05) is 31.5 Å². The average molecular weight is 436 g/mol. The SMILES string of the molecule is CCCN(CCN1CCCCCC1=O)C(C)Cc1cccc(NC(=O)c2ccccc2)c1. The number of hydrogen-bond acceptors (Lipinski definition) is 3. The van der Waals surface area contributed by atoms with Gasteiger partial charge in [-0.1, -0.05) is 43.7 Å². The Hall–Kier alpha value is -2.66. The van der Waals surface area contributed by atoms with Crippen LogP contribution in [-0.2, 0) is 11.2 Å². The van der Waals surface area contributed by atoms with E-state index in [2.05, 4.69) is 41.1 Å². The third-order valence-electron chi connectivity index (χ3n) is 6.21. The van der Waals surface area contributed by atoms with Gasteiger partial charge in [0.15, 0.2) is 0 Å². The molecule has 0 spiro atoms. The van der Waals surface area contributed by atoms with E-state index in [9.17, 15) is 9.59 Å². The van der Waals surface area contributed by atoms with E-state index in [1.54, 1.807) is 0 Å². The summed E-state index contributed by atoms with van der Waals surface area (Å²) in [6, 6.07) is 17.8. The summed E-state index contributed by atoms with van der Waals surface area (Å²) in [7, 11) is 0. The number of likely N-dealkylation sites (tertiary alicyclic amines) is 1. The summed E-state index contributed by atoms with van der Waals surface area (Å²) in [6.07, 6.45) is 6.01. The maximum absolute atomic E-state index is 12.5. The predicted octanol–water partition coefficient (Wildman–Crippen LogP) is 4.98. The number of rotatable bonds is 10. The Morgan fingerprint density at radius 2 is 1.88 bits per heavy atom. The van der Waals surface area contributed by atoms with Crippen molar-refractivity contribution in [3.8, 4) is 0 Å². The number of benzene rings is 2.